The molecule has 0 aliphatic rings. The first-order chi connectivity index (χ1) is 15.3. The summed E-state index contributed by atoms with van der Waals surface area (Å²) in [5.41, 5.74) is 3.75. The highest BCUT2D eigenvalue weighted by Crippen LogP contribution is 2.47. The molecule has 3 heteroatoms. The summed E-state index contributed by atoms with van der Waals surface area (Å²) in [7, 11) is 0. The van der Waals surface area contributed by atoms with E-state index in [1.54, 1.807) is 0 Å². The van der Waals surface area contributed by atoms with Crippen LogP contribution in [-0.4, -0.2) is 4.57 Å². The highest BCUT2D eigenvalue weighted by atomic mass is 79.9. The highest BCUT2D eigenvalue weighted by molar-refractivity contribution is 9.10. The Kier molecular flexibility index (Phi) is 3.64. The molecule has 146 valence electrons. The maximum Gasteiger partial charge on any atom is 0.0635 e. The third kappa shape index (κ3) is 2.36. The molecule has 0 saturated heterocycles. The summed E-state index contributed by atoms with van der Waals surface area (Å²) in [5.74, 6) is 0. The second kappa shape index (κ2) is 6.43. The molecule has 0 N–H and O–H groups in total. The van der Waals surface area contributed by atoms with Gasteiger partial charge in [-0.2, -0.15) is 0 Å². The van der Waals surface area contributed by atoms with E-state index in [9.17, 15) is 0 Å². The first kappa shape index (κ1) is 17.5. The van der Waals surface area contributed by atoms with Crippen LogP contribution in [0.15, 0.2) is 102 Å². The molecule has 0 saturated carbocycles. The van der Waals surface area contributed by atoms with Crippen LogP contribution in [0.3, 0.4) is 0 Å². The number of aromatic nitrogens is 1. The van der Waals surface area contributed by atoms with Crippen LogP contribution in [0.5, 0.6) is 0 Å². The van der Waals surface area contributed by atoms with Crippen molar-refractivity contribution in [1.82, 2.24) is 4.57 Å². The second-order valence-corrected chi connectivity index (χ2v) is 9.82. The minimum absolute atomic E-state index is 1.16. The summed E-state index contributed by atoms with van der Waals surface area (Å²) in [6.07, 6.45) is 0. The third-order valence-electron chi connectivity index (χ3n) is 6.23. The number of benzene rings is 5. The van der Waals surface area contributed by atoms with Gasteiger partial charge in [0.25, 0.3) is 0 Å². The molecule has 31 heavy (non-hydrogen) atoms. The van der Waals surface area contributed by atoms with Crippen LogP contribution in [0, 0.1) is 0 Å². The lowest BCUT2D eigenvalue weighted by molar-refractivity contribution is 1.19. The Balaban J connectivity index is 1.87. The van der Waals surface area contributed by atoms with Crippen molar-refractivity contribution in [3.8, 4) is 5.69 Å². The lowest BCUT2D eigenvalue weighted by Crippen LogP contribution is -1.94. The van der Waals surface area contributed by atoms with Gasteiger partial charge in [-0.3, -0.25) is 0 Å². The van der Waals surface area contributed by atoms with E-state index < -0.39 is 0 Å². The molecule has 2 heterocycles. The van der Waals surface area contributed by atoms with E-state index >= 15 is 0 Å². The van der Waals surface area contributed by atoms with Crippen LogP contribution >= 0.6 is 27.3 Å². The second-order valence-electron chi connectivity index (χ2n) is 7.91. The van der Waals surface area contributed by atoms with Crippen molar-refractivity contribution in [3.05, 3.63) is 102 Å². The predicted octanol–water partition coefficient (Wildman–Crippen LogP) is 9.07. The summed E-state index contributed by atoms with van der Waals surface area (Å²) in [6, 6.07) is 35.1. The molecule has 0 bridgehead atoms. The Morgan fingerprint density at radius 2 is 1.35 bits per heavy atom. The summed E-state index contributed by atoms with van der Waals surface area (Å²) in [6.45, 7) is 0. The molecular weight excluding hydrogens is 462 g/mol. The number of para-hydroxylation sites is 1. The Morgan fingerprint density at radius 3 is 2.23 bits per heavy atom. The quantitative estimate of drug-likeness (QED) is 0.222. The molecule has 7 rings (SSSR count). The van der Waals surface area contributed by atoms with Crippen LogP contribution in [0.2, 0.25) is 0 Å². The van der Waals surface area contributed by atoms with Gasteiger partial charge in [0, 0.05) is 41.8 Å². The van der Waals surface area contributed by atoms with Crippen LogP contribution in [0.4, 0.5) is 0 Å². The lowest BCUT2D eigenvalue weighted by atomic mass is 10.0. The topological polar surface area (TPSA) is 4.93 Å². The van der Waals surface area contributed by atoms with Crippen LogP contribution in [-0.2, 0) is 0 Å². The van der Waals surface area contributed by atoms with Gasteiger partial charge in [-0.1, -0.05) is 72.8 Å². The smallest absolute Gasteiger partial charge is 0.0635 e. The summed E-state index contributed by atoms with van der Waals surface area (Å²) >= 11 is 5.76. The lowest BCUT2D eigenvalue weighted by Gasteiger charge is -2.11. The fourth-order valence-corrected chi connectivity index (χ4v) is 6.72. The molecule has 0 spiro atoms. The van der Waals surface area contributed by atoms with Crippen molar-refractivity contribution >= 4 is 80.0 Å². The normalized spacial score (nSPS) is 12.0. The zero-order chi connectivity index (χ0) is 20.5. The number of hydrogen-bond donors (Lipinski definition) is 0. The van der Waals surface area contributed by atoms with Gasteiger partial charge in [-0.05, 0) is 45.6 Å². The Labute approximate surface area is 191 Å². The Morgan fingerprint density at radius 1 is 0.613 bits per heavy atom. The van der Waals surface area contributed by atoms with Gasteiger partial charge in [0.05, 0.1) is 15.7 Å². The summed E-state index contributed by atoms with van der Waals surface area (Å²) < 4.78 is 6.26. The largest absolute Gasteiger partial charge is 0.308 e. The maximum absolute atomic E-state index is 3.90. The Bertz CT molecular complexity index is 1790. The molecule has 2 aromatic heterocycles. The number of hydrogen-bond acceptors (Lipinski definition) is 1. The van der Waals surface area contributed by atoms with Crippen molar-refractivity contribution in [2.45, 2.75) is 0 Å². The molecule has 0 radical (unpaired) electrons. The van der Waals surface area contributed by atoms with Crippen LogP contribution in [0.25, 0.3) is 58.4 Å². The minimum atomic E-state index is 1.16. The van der Waals surface area contributed by atoms with E-state index in [1.165, 1.54) is 58.4 Å². The summed E-state index contributed by atoms with van der Waals surface area (Å²) in [5, 5.41) is 7.76. The number of nitrogens with zero attached hydrogens (tertiary/aromatic N) is 1. The standard InChI is InChI=1S/C28H16BrNS/c29-23-16-22-20-15-14-17-8-4-5-11-19(17)26(20)30(18-9-2-1-3-10-18)27(22)25-21-12-6-7-13-24(21)31-28(23)25/h1-16H. The zero-order valence-electron chi connectivity index (χ0n) is 16.5. The molecule has 0 fully saturated rings. The fraction of sp³-hybridized carbons (Fsp3) is 0. The van der Waals surface area contributed by atoms with Crippen LogP contribution < -0.4 is 0 Å². The monoisotopic (exact) mass is 477 g/mol. The van der Waals surface area contributed by atoms with Crippen molar-refractivity contribution in [1.29, 1.82) is 0 Å². The van der Waals surface area contributed by atoms with E-state index in [2.05, 4.69) is 118 Å². The van der Waals surface area contributed by atoms with E-state index in [1.807, 2.05) is 11.3 Å². The number of thiophene rings is 1. The summed E-state index contributed by atoms with van der Waals surface area (Å²) in [4.78, 5) is 0. The molecule has 7 aromatic rings. The first-order valence-electron chi connectivity index (χ1n) is 10.3. The molecule has 0 atom stereocenters. The van der Waals surface area contributed by atoms with E-state index in [4.69, 9.17) is 0 Å². The number of rotatable bonds is 1. The van der Waals surface area contributed by atoms with Gasteiger partial charge in [-0.15, -0.1) is 11.3 Å². The molecule has 0 aliphatic carbocycles. The van der Waals surface area contributed by atoms with E-state index in [0.29, 0.717) is 0 Å². The van der Waals surface area contributed by atoms with Crippen molar-refractivity contribution in [2.75, 3.05) is 0 Å². The van der Waals surface area contributed by atoms with Gasteiger partial charge in [0.2, 0.25) is 0 Å². The molecule has 0 unspecified atom stereocenters. The first-order valence-corrected chi connectivity index (χ1v) is 11.9. The molecule has 0 amide bonds. The third-order valence-corrected chi connectivity index (χ3v) is 8.32. The zero-order valence-corrected chi connectivity index (χ0v) is 18.9. The van der Waals surface area contributed by atoms with Gasteiger partial charge < -0.3 is 4.57 Å². The predicted molar refractivity (Wildman–Crippen MR) is 139 cm³/mol. The van der Waals surface area contributed by atoms with E-state index in [0.717, 1.165) is 4.47 Å². The average molecular weight is 478 g/mol. The van der Waals surface area contributed by atoms with E-state index in [-0.39, 0.29) is 0 Å². The van der Waals surface area contributed by atoms with Crippen LogP contribution in [0.1, 0.15) is 0 Å². The van der Waals surface area contributed by atoms with Gasteiger partial charge in [0.1, 0.15) is 0 Å². The average Bonchev–Trinajstić information content (AvgIpc) is 3.36. The van der Waals surface area contributed by atoms with Crippen molar-refractivity contribution in [3.63, 3.8) is 0 Å². The SMILES string of the molecule is Brc1cc2c3ccc4ccccc4c3n(-c3ccccc3)c2c2c1sc1ccccc12. The van der Waals surface area contributed by atoms with Gasteiger partial charge >= 0.3 is 0 Å². The van der Waals surface area contributed by atoms with Gasteiger partial charge in [0.15, 0.2) is 0 Å². The molecule has 5 aromatic carbocycles. The number of fused-ring (bicyclic) bond motifs is 9. The van der Waals surface area contributed by atoms with Crippen molar-refractivity contribution < 1.29 is 0 Å². The minimum Gasteiger partial charge on any atom is -0.308 e. The molecule has 0 aliphatic heterocycles. The molecular formula is C28H16BrNS. The van der Waals surface area contributed by atoms with Crippen molar-refractivity contribution in [2.24, 2.45) is 0 Å². The highest BCUT2D eigenvalue weighted by Gasteiger charge is 2.21. The molecule has 1 nitrogen and oxygen atoms in total. The Hall–Kier alpha value is -3.14. The maximum atomic E-state index is 3.90. The van der Waals surface area contributed by atoms with Gasteiger partial charge in [-0.25, -0.2) is 0 Å². The number of halogens is 1. The fourth-order valence-electron chi connectivity index (χ4n) is 4.94.